The highest BCUT2D eigenvalue weighted by molar-refractivity contribution is 5.81. The van der Waals surface area contributed by atoms with Gasteiger partial charge in [-0.2, -0.15) is 0 Å². The van der Waals surface area contributed by atoms with Gasteiger partial charge in [0.25, 0.3) is 5.91 Å². The number of amides is 1. The second kappa shape index (κ2) is 6.46. The summed E-state index contributed by atoms with van der Waals surface area (Å²) in [5, 5.41) is 0. The first kappa shape index (κ1) is 11.9. The van der Waals surface area contributed by atoms with E-state index < -0.39 is 18.0 Å². The van der Waals surface area contributed by atoms with Crippen LogP contribution in [0.4, 0.5) is 0 Å². The van der Waals surface area contributed by atoms with Crippen LogP contribution in [0.1, 0.15) is 39.5 Å². The maximum atomic E-state index is 10.8. The van der Waals surface area contributed by atoms with E-state index >= 15 is 0 Å². The van der Waals surface area contributed by atoms with Gasteiger partial charge in [0.05, 0.1) is 0 Å². The molecule has 4 nitrogen and oxygen atoms in total. The molecule has 0 aliphatic rings. The molecule has 0 radical (unpaired) electrons. The highest BCUT2D eigenvalue weighted by Crippen LogP contribution is 2.06. The first-order valence-corrected chi connectivity index (χ1v) is 4.54. The lowest BCUT2D eigenvalue weighted by atomic mass is 10.1. The summed E-state index contributed by atoms with van der Waals surface area (Å²) in [6.45, 7) is 3.33. The predicted molar refractivity (Wildman–Crippen MR) is 48.9 cm³/mol. The number of ether oxygens (including phenoxy) is 1. The zero-order valence-corrected chi connectivity index (χ0v) is 8.21. The highest BCUT2D eigenvalue weighted by Gasteiger charge is 2.17. The topological polar surface area (TPSA) is 69.4 Å². The molecule has 13 heavy (non-hydrogen) atoms. The van der Waals surface area contributed by atoms with Crippen LogP contribution in [-0.2, 0) is 14.3 Å². The number of nitrogens with two attached hydrogens (primary N) is 1. The molecule has 0 aromatic heterocycles. The summed E-state index contributed by atoms with van der Waals surface area (Å²) in [4.78, 5) is 21.3. The van der Waals surface area contributed by atoms with Gasteiger partial charge in [-0.15, -0.1) is 0 Å². The minimum atomic E-state index is -0.746. The summed E-state index contributed by atoms with van der Waals surface area (Å²) in [5.74, 6) is -1.02. The fourth-order valence-corrected chi connectivity index (χ4v) is 1.04. The Hall–Kier alpha value is -1.06. The SMILES string of the molecule is CCCCCC(OC(C)=O)C(N)=O. The van der Waals surface area contributed by atoms with Crippen molar-refractivity contribution in [2.45, 2.75) is 45.6 Å². The first-order valence-electron chi connectivity index (χ1n) is 4.54. The van der Waals surface area contributed by atoms with Crippen molar-refractivity contribution in [1.29, 1.82) is 0 Å². The Balaban J connectivity index is 3.81. The largest absolute Gasteiger partial charge is 0.452 e. The molecule has 0 saturated carbocycles. The third-order valence-corrected chi connectivity index (χ3v) is 1.70. The molecule has 0 aliphatic heterocycles. The summed E-state index contributed by atoms with van der Waals surface area (Å²) >= 11 is 0. The molecular formula is C9H17NO3. The minimum absolute atomic E-state index is 0.458. The van der Waals surface area contributed by atoms with E-state index in [1.165, 1.54) is 6.92 Å². The van der Waals surface area contributed by atoms with E-state index in [4.69, 9.17) is 10.5 Å². The molecule has 76 valence electrons. The second-order valence-electron chi connectivity index (χ2n) is 3.00. The summed E-state index contributed by atoms with van der Waals surface area (Å²) in [5.41, 5.74) is 5.05. The van der Waals surface area contributed by atoms with E-state index in [2.05, 4.69) is 6.92 Å². The monoisotopic (exact) mass is 187 g/mol. The van der Waals surface area contributed by atoms with Crippen molar-refractivity contribution in [2.75, 3.05) is 0 Å². The normalized spacial score (nSPS) is 12.2. The third-order valence-electron chi connectivity index (χ3n) is 1.70. The van der Waals surface area contributed by atoms with Gasteiger partial charge in [-0.3, -0.25) is 9.59 Å². The number of rotatable bonds is 6. The standard InChI is InChI=1S/C9H17NO3/c1-3-4-5-6-8(9(10)12)13-7(2)11/h8H,3-6H2,1-2H3,(H2,10,12). The molecule has 0 aliphatic carbocycles. The van der Waals surface area contributed by atoms with Gasteiger partial charge in [0.1, 0.15) is 0 Å². The average molecular weight is 187 g/mol. The van der Waals surface area contributed by atoms with Crippen LogP contribution < -0.4 is 5.73 Å². The van der Waals surface area contributed by atoms with E-state index in [0.717, 1.165) is 19.3 Å². The molecular weight excluding hydrogens is 170 g/mol. The molecule has 0 rings (SSSR count). The Morgan fingerprint density at radius 1 is 1.38 bits per heavy atom. The summed E-state index contributed by atoms with van der Waals surface area (Å²) in [7, 11) is 0. The van der Waals surface area contributed by atoms with Crippen molar-refractivity contribution < 1.29 is 14.3 Å². The van der Waals surface area contributed by atoms with Gasteiger partial charge in [0.2, 0.25) is 0 Å². The molecule has 0 bridgehead atoms. The first-order chi connectivity index (χ1) is 6.07. The molecule has 0 spiro atoms. The predicted octanol–water partition coefficient (Wildman–Crippen LogP) is 0.984. The van der Waals surface area contributed by atoms with Crippen molar-refractivity contribution in [1.82, 2.24) is 0 Å². The Morgan fingerprint density at radius 3 is 2.38 bits per heavy atom. The Bertz CT molecular complexity index is 180. The Morgan fingerprint density at radius 2 is 2.00 bits per heavy atom. The van der Waals surface area contributed by atoms with Crippen LogP contribution in [0.25, 0.3) is 0 Å². The number of hydrogen-bond acceptors (Lipinski definition) is 3. The number of esters is 1. The average Bonchev–Trinajstić information content (AvgIpc) is 2.02. The molecule has 1 unspecified atom stereocenters. The Kier molecular flexibility index (Phi) is 5.93. The van der Waals surface area contributed by atoms with Gasteiger partial charge in [-0.25, -0.2) is 0 Å². The van der Waals surface area contributed by atoms with E-state index in [-0.39, 0.29) is 0 Å². The van der Waals surface area contributed by atoms with Gasteiger partial charge in [0.15, 0.2) is 6.10 Å². The van der Waals surface area contributed by atoms with Crippen molar-refractivity contribution in [3.8, 4) is 0 Å². The lowest BCUT2D eigenvalue weighted by molar-refractivity contribution is -0.153. The van der Waals surface area contributed by atoms with Crippen molar-refractivity contribution in [3.05, 3.63) is 0 Å². The van der Waals surface area contributed by atoms with Gasteiger partial charge >= 0.3 is 5.97 Å². The Labute approximate surface area is 78.4 Å². The molecule has 0 heterocycles. The molecule has 0 aromatic carbocycles. The summed E-state index contributed by atoms with van der Waals surface area (Å²) < 4.78 is 4.74. The lowest BCUT2D eigenvalue weighted by Gasteiger charge is -2.12. The molecule has 0 aromatic rings. The summed E-state index contributed by atoms with van der Waals surface area (Å²) in [6, 6.07) is 0. The smallest absolute Gasteiger partial charge is 0.303 e. The van der Waals surface area contributed by atoms with Gasteiger partial charge in [0, 0.05) is 6.92 Å². The van der Waals surface area contributed by atoms with Crippen molar-refractivity contribution >= 4 is 11.9 Å². The maximum absolute atomic E-state index is 10.8. The zero-order valence-electron chi connectivity index (χ0n) is 8.21. The second-order valence-corrected chi connectivity index (χ2v) is 3.00. The van der Waals surface area contributed by atoms with Gasteiger partial charge in [-0.1, -0.05) is 19.8 Å². The van der Waals surface area contributed by atoms with Crippen LogP contribution in [0, 0.1) is 0 Å². The summed E-state index contributed by atoms with van der Waals surface area (Å²) in [6.07, 6.45) is 2.72. The van der Waals surface area contributed by atoms with Crippen LogP contribution >= 0.6 is 0 Å². The minimum Gasteiger partial charge on any atom is -0.452 e. The quantitative estimate of drug-likeness (QED) is 0.498. The highest BCUT2D eigenvalue weighted by atomic mass is 16.5. The third kappa shape index (κ3) is 6.13. The number of unbranched alkanes of at least 4 members (excludes halogenated alkanes) is 2. The zero-order chi connectivity index (χ0) is 10.3. The number of primary amides is 1. The van der Waals surface area contributed by atoms with Crippen LogP contribution in [0.5, 0.6) is 0 Å². The van der Waals surface area contributed by atoms with Crippen molar-refractivity contribution in [2.24, 2.45) is 5.73 Å². The molecule has 0 fully saturated rings. The van der Waals surface area contributed by atoms with Crippen molar-refractivity contribution in [3.63, 3.8) is 0 Å². The number of carbonyl (C=O) groups excluding carboxylic acids is 2. The van der Waals surface area contributed by atoms with Crippen LogP contribution in [0.2, 0.25) is 0 Å². The van der Waals surface area contributed by atoms with E-state index in [1.54, 1.807) is 0 Å². The van der Waals surface area contributed by atoms with Gasteiger partial charge < -0.3 is 10.5 Å². The van der Waals surface area contributed by atoms with E-state index in [0.29, 0.717) is 6.42 Å². The molecule has 1 atom stereocenters. The maximum Gasteiger partial charge on any atom is 0.303 e. The fraction of sp³-hybridized carbons (Fsp3) is 0.778. The number of carbonyl (C=O) groups is 2. The van der Waals surface area contributed by atoms with Crippen LogP contribution in [-0.4, -0.2) is 18.0 Å². The van der Waals surface area contributed by atoms with E-state index in [9.17, 15) is 9.59 Å². The van der Waals surface area contributed by atoms with Gasteiger partial charge in [-0.05, 0) is 12.8 Å². The lowest BCUT2D eigenvalue weighted by Crippen LogP contribution is -2.32. The van der Waals surface area contributed by atoms with E-state index in [1.807, 2.05) is 0 Å². The van der Waals surface area contributed by atoms with Crippen LogP contribution in [0.15, 0.2) is 0 Å². The molecule has 4 heteroatoms. The van der Waals surface area contributed by atoms with Crippen LogP contribution in [0.3, 0.4) is 0 Å². The molecule has 1 amide bonds. The number of hydrogen-bond donors (Lipinski definition) is 1. The molecule has 2 N–H and O–H groups in total. The molecule has 0 saturated heterocycles. The fourth-order valence-electron chi connectivity index (χ4n) is 1.04.